The van der Waals surface area contributed by atoms with Crippen LogP contribution in [0.5, 0.6) is 0 Å². The molecule has 2 rings (SSSR count). The van der Waals surface area contributed by atoms with Gasteiger partial charge in [-0.3, -0.25) is 4.79 Å². The third-order valence-electron chi connectivity index (χ3n) is 2.63. The molecule has 2 heteroatoms. The Morgan fingerprint density at radius 1 is 1.06 bits per heavy atom. The molecule has 2 N–H and O–H groups in total. The van der Waals surface area contributed by atoms with Gasteiger partial charge in [0.05, 0.1) is 0 Å². The van der Waals surface area contributed by atoms with Crippen LogP contribution in [0.25, 0.3) is 17.2 Å². The molecule has 0 radical (unpaired) electrons. The molecule has 0 fully saturated rings. The second-order valence-electron chi connectivity index (χ2n) is 3.77. The van der Waals surface area contributed by atoms with Crippen LogP contribution in [0.15, 0.2) is 55.1 Å². The molecule has 0 aliphatic carbocycles. The van der Waals surface area contributed by atoms with E-state index in [1.807, 2.05) is 36.4 Å². The summed E-state index contributed by atoms with van der Waals surface area (Å²) in [5.41, 5.74) is 8.88. The van der Waals surface area contributed by atoms with Crippen LogP contribution in [0.1, 0.15) is 15.9 Å². The van der Waals surface area contributed by atoms with E-state index in [2.05, 4.69) is 6.58 Å². The molecule has 0 aliphatic rings. The van der Waals surface area contributed by atoms with Crippen molar-refractivity contribution in [2.45, 2.75) is 0 Å². The van der Waals surface area contributed by atoms with Crippen LogP contribution in [0.4, 0.5) is 0 Å². The lowest BCUT2D eigenvalue weighted by atomic mass is 10.0. The molecule has 17 heavy (non-hydrogen) atoms. The lowest BCUT2D eigenvalue weighted by molar-refractivity contribution is 0.100. The topological polar surface area (TPSA) is 43.1 Å². The minimum absolute atomic E-state index is 0.408. The minimum atomic E-state index is -0.408. The standard InChI is InChI=1S/C15H13NO/c1-2-11-6-8-12(9-7-11)13-4-3-5-14(10-13)15(16)17/h2-10H,1H2,(H2,16,17). The summed E-state index contributed by atoms with van der Waals surface area (Å²) in [6.45, 7) is 3.71. The van der Waals surface area contributed by atoms with Crippen LogP contribution < -0.4 is 5.73 Å². The maximum absolute atomic E-state index is 11.1. The van der Waals surface area contributed by atoms with Gasteiger partial charge < -0.3 is 5.73 Å². The summed E-state index contributed by atoms with van der Waals surface area (Å²) in [4.78, 5) is 11.1. The maximum Gasteiger partial charge on any atom is 0.248 e. The number of nitrogens with two attached hydrogens (primary N) is 1. The number of benzene rings is 2. The quantitative estimate of drug-likeness (QED) is 0.853. The number of carbonyl (C=O) groups is 1. The Labute approximate surface area is 100 Å². The molecule has 0 saturated heterocycles. The SMILES string of the molecule is C=Cc1ccc(-c2cccc(C(N)=O)c2)cc1. The number of carbonyl (C=O) groups excluding carboxylic acids is 1. The minimum Gasteiger partial charge on any atom is -0.366 e. The molecule has 2 aromatic carbocycles. The Kier molecular flexibility index (Phi) is 3.06. The van der Waals surface area contributed by atoms with Gasteiger partial charge in [-0.25, -0.2) is 0 Å². The number of amides is 1. The molecular weight excluding hydrogens is 210 g/mol. The van der Waals surface area contributed by atoms with Crippen LogP contribution in [-0.4, -0.2) is 5.91 Å². The monoisotopic (exact) mass is 223 g/mol. The molecule has 0 spiro atoms. The zero-order valence-electron chi connectivity index (χ0n) is 9.39. The fraction of sp³-hybridized carbons (Fsp3) is 0. The molecule has 84 valence electrons. The molecule has 0 unspecified atom stereocenters. The van der Waals surface area contributed by atoms with Gasteiger partial charge in [0.25, 0.3) is 0 Å². The molecule has 0 aliphatic heterocycles. The number of hydrogen-bond acceptors (Lipinski definition) is 1. The van der Waals surface area contributed by atoms with Crippen molar-refractivity contribution < 1.29 is 4.79 Å². The van der Waals surface area contributed by atoms with E-state index >= 15 is 0 Å². The summed E-state index contributed by atoms with van der Waals surface area (Å²) < 4.78 is 0. The Bertz CT molecular complexity index is 555. The fourth-order valence-electron chi connectivity index (χ4n) is 1.66. The van der Waals surface area contributed by atoms with Gasteiger partial charge in [-0.15, -0.1) is 0 Å². The first-order chi connectivity index (χ1) is 8.20. The van der Waals surface area contributed by atoms with E-state index < -0.39 is 5.91 Å². The molecule has 1 amide bonds. The van der Waals surface area contributed by atoms with E-state index in [1.165, 1.54) is 0 Å². The summed E-state index contributed by atoms with van der Waals surface area (Å²) in [6.07, 6.45) is 1.80. The maximum atomic E-state index is 11.1. The van der Waals surface area contributed by atoms with Gasteiger partial charge >= 0.3 is 0 Å². The molecule has 0 bridgehead atoms. The van der Waals surface area contributed by atoms with Crippen molar-refractivity contribution in [2.75, 3.05) is 0 Å². The summed E-state index contributed by atoms with van der Waals surface area (Å²) >= 11 is 0. The normalized spacial score (nSPS) is 9.88. The van der Waals surface area contributed by atoms with Crippen molar-refractivity contribution in [1.82, 2.24) is 0 Å². The first-order valence-corrected chi connectivity index (χ1v) is 5.33. The number of primary amides is 1. The zero-order valence-corrected chi connectivity index (χ0v) is 9.39. The fourth-order valence-corrected chi connectivity index (χ4v) is 1.66. The molecule has 2 aromatic rings. The van der Waals surface area contributed by atoms with Gasteiger partial charge in [-0.2, -0.15) is 0 Å². The molecule has 0 aromatic heterocycles. The molecule has 0 heterocycles. The first-order valence-electron chi connectivity index (χ1n) is 5.33. The zero-order chi connectivity index (χ0) is 12.3. The van der Waals surface area contributed by atoms with Crippen LogP contribution in [-0.2, 0) is 0 Å². The largest absolute Gasteiger partial charge is 0.366 e. The smallest absolute Gasteiger partial charge is 0.248 e. The molecule has 0 atom stereocenters. The Hall–Kier alpha value is -2.35. The highest BCUT2D eigenvalue weighted by Crippen LogP contribution is 2.21. The van der Waals surface area contributed by atoms with Crippen LogP contribution >= 0.6 is 0 Å². The van der Waals surface area contributed by atoms with Crippen molar-refractivity contribution >= 4 is 12.0 Å². The van der Waals surface area contributed by atoms with Crippen LogP contribution in [0, 0.1) is 0 Å². The molecular formula is C15H13NO. The predicted octanol–water partition coefficient (Wildman–Crippen LogP) is 3.10. The molecule has 0 saturated carbocycles. The summed E-state index contributed by atoms with van der Waals surface area (Å²) in [7, 11) is 0. The van der Waals surface area contributed by atoms with Crippen LogP contribution in [0.2, 0.25) is 0 Å². The summed E-state index contributed by atoms with van der Waals surface area (Å²) in [5, 5.41) is 0. The number of rotatable bonds is 3. The van der Waals surface area contributed by atoms with Crippen molar-refractivity contribution in [1.29, 1.82) is 0 Å². The highest BCUT2D eigenvalue weighted by molar-refractivity contribution is 5.94. The average Bonchev–Trinajstić information content (AvgIpc) is 2.39. The van der Waals surface area contributed by atoms with Gasteiger partial charge in [0.15, 0.2) is 0 Å². The van der Waals surface area contributed by atoms with E-state index in [9.17, 15) is 4.79 Å². The van der Waals surface area contributed by atoms with Crippen molar-refractivity contribution in [3.05, 3.63) is 66.2 Å². The summed E-state index contributed by atoms with van der Waals surface area (Å²) in [6, 6.07) is 15.3. The van der Waals surface area contributed by atoms with Gasteiger partial charge in [-0.05, 0) is 28.8 Å². The van der Waals surface area contributed by atoms with Crippen LogP contribution in [0.3, 0.4) is 0 Å². The average molecular weight is 223 g/mol. The lowest BCUT2D eigenvalue weighted by Gasteiger charge is -2.04. The van der Waals surface area contributed by atoms with E-state index in [4.69, 9.17) is 5.73 Å². The van der Waals surface area contributed by atoms with Crippen molar-refractivity contribution in [2.24, 2.45) is 5.73 Å². The molecule has 2 nitrogen and oxygen atoms in total. The van der Waals surface area contributed by atoms with Gasteiger partial charge in [0.1, 0.15) is 0 Å². The third kappa shape index (κ3) is 2.42. The van der Waals surface area contributed by atoms with E-state index in [0.29, 0.717) is 5.56 Å². The van der Waals surface area contributed by atoms with Gasteiger partial charge in [-0.1, -0.05) is 49.1 Å². The van der Waals surface area contributed by atoms with Crippen molar-refractivity contribution in [3.63, 3.8) is 0 Å². The highest BCUT2D eigenvalue weighted by atomic mass is 16.1. The van der Waals surface area contributed by atoms with E-state index in [0.717, 1.165) is 16.7 Å². The Morgan fingerprint density at radius 3 is 2.35 bits per heavy atom. The third-order valence-corrected chi connectivity index (χ3v) is 2.63. The Morgan fingerprint density at radius 2 is 1.76 bits per heavy atom. The van der Waals surface area contributed by atoms with Gasteiger partial charge in [0, 0.05) is 5.56 Å². The summed E-state index contributed by atoms with van der Waals surface area (Å²) in [5.74, 6) is -0.408. The Balaban J connectivity index is 2.41. The highest BCUT2D eigenvalue weighted by Gasteiger charge is 2.02. The van der Waals surface area contributed by atoms with Crippen molar-refractivity contribution in [3.8, 4) is 11.1 Å². The van der Waals surface area contributed by atoms with E-state index in [-0.39, 0.29) is 0 Å². The second-order valence-corrected chi connectivity index (χ2v) is 3.77. The predicted molar refractivity (Wildman–Crippen MR) is 70.5 cm³/mol. The lowest BCUT2D eigenvalue weighted by Crippen LogP contribution is -2.10. The van der Waals surface area contributed by atoms with Gasteiger partial charge in [0.2, 0.25) is 5.91 Å². The van der Waals surface area contributed by atoms with E-state index in [1.54, 1.807) is 18.2 Å². The first kappa shape index (κ1) is 11.1. The number of hydrogen-bond donors (Lipinski definition) is 1. The second kappa shape index (κ2) is 4.66.